The van der Waals surface area contributed by atoms with Crippen molar-refractivity contribution in [3.63, 3.8) is 0 Å². The molecule has 0 bridgehead atoms. The first-order chi connectivity index (χ1) is 11.2. The molecule has 2 aliphatic rings. The van der Waals surface area contributed by atoms with Crippen LogP contribution >= 0.6 is 27.5 Å². The maximum atomic E-state index is 6.47. The van der Waals surface area contributed by atoms with Gasteiger partial charge < -0.3 is 4.74 Å². The average molecular weight is 393 g/mol. The number of hydrogen-bond donors (Lipinski definition) is 0. The van der Waals surface area contributed by atoms with Crippen LogP contribution in [0.1, 0.15) is 29.0 Å². The summed E-state index contributed by atoms with van der Waals surface area (Å²) in [5, 5.41) is 0.807. The number of benzene rings is 2. The standard InChI is InChI=1S/C19H19BrClNO/c20-17-7-6-14-15-11-22(10-13-4-2-1-3-5-13)9-8-18(15)23-12-16(14)19(17)21/h1-7,15,18H,8-12H2. The Morgan fingerprint density at radius 3 is 2.83 bits per heavy atom. The van der Waals surface area contributed by atoms with E-state index in [9.17, 15) is 0 Å². The van der Waals surface area contributed by atoms with Crippen molar-refractivity contribution in [1.82, 2.24) is 4.90 Å². The highest BCUT2D eigenvalue weighted by atomic mass is 79.9. The third kappa shape index (κ3) is 3.08. The Hall–Kier alpha value is -0.870. The number of nitrogens with zero attached hydrogens (tertiary/aromatic N) is 1. The Morgan fingerprint density at radius 2 is 2.00 bits per heavy atom. The van der Waals surface area contributed by atoms with Crippen molar-refractivity contribution < 1.29 is 4.74 Å². The van der Waals surface area contributed by atoms with Crippen LogP contribution in [-0.4, -0.2) is 24.1 Å². The van der Waals surface area contributed by atoms with E-state index in [-0.39, 0.29) is 0 Å². The molecule has 0 aliphatic carbocycles. The summed E-state index contributed by atoms with van der Waals surface area (Å²) in [5.74, 6) is 0.418. The number of ether oxygens (including phenoxy) is 1. The molecule has 0 aromatic heterocycles. The smallest absolute Gasteiger partial charge is 0.0738 e. The van der Waals surface area contributed by atoms with Crippen LogP contribution in [0.2, 0.25) is 5.02 Å². The molecule has 4 heteroatoms. The molecule has 2 aromatic carbocycles. The summed E-state index contributed by atoms with van der Waals surface area (Å²) in [4.78, 5) is 2.53. The average Bonchev–Trinajstić information content (AvgIpc) is 2.59. The highest BCUT2D eigenvalue weighted by Crippen LogP contribution is 2.41. The van der Waals surface area contributed by atoms with Gasteiger partial charge in [0.15, 0.2) is 0 Å². The van der Waals surface area contributed by atoms with E-state index >= 15 is 0 Å². The molecule has 0 saturated carbocycles. The molecule has 2 heterocycles. The minimum Gasteiger partial charge on any atom is -0.373 e. The van der Waals surface area contributed by atoms with Gasteiger partial charge in [-0.15, -0.1) is 0 Å². The number of halogens is 2. The van der Waals surface area contributed by atoms with Crippen molar-refractivity contribution >= 4 is 27.5 Å². The summed E-state index contributed by atoms with van der Waals surface area (Å²) in [6.45, 7) is 3.76. The second-order valence-electron chi connectivity index (χ2n) is 6.39. The zero-order valence-electron chi connectivity index (χ0n) is 12.8. The molecular formula is C19H19BrClNO. The molecule has 2 aromatic rings. The van der Waals surface area contributed by atoms with Crippen LogP contribution in [0.15, 0.2) is 46.9 Å². The van der Waals surface area contributed by atoms with Crippen LogP contribution < -0.4 is 0 Å². The Labute approximate surface area is 150 Å². The second-order valence-corrected chi connectivity index (χ2v) is 7.63. The van der Waals surface area contributed by atoms with Crippen molar-refractivity contribution in [2.45, 2.75) is 31.6 Å². The summed E-state index contributed by atoms with van der Waals surface area (Å²) >= 11 is 9.99. The number of likely N-dealkylation sites (tertiary alicyclic amines) is 1. The fourth-order valence-electron chi connectivity index (χ4n) is 3.77. The molecule has 0 spiro atoms. The number of hydrogen-bond acceptors (Lipinski definition) is 2. The van der Waals surface area contributed by atoms with Crippen molar-refractivity contribution in [3.05, 3.63) is 68.7 Å². The summed E-state index contributed by atoms with van der Waals surface area (Å²) in [6.07, 6.45) is 1.41. The van der Waals surface area contributed by atoms with Gasteiger partial charge in [0.25, 0.3) is 0 Å². The van der Waals surface area contributed by atoms with Gasteiger partial charge in [0.1, 0.15) is 0 Å². The first-order valence-electron chi connectivity index (χ1n) is 8.07. The molecule has 120 valence electrons. The SMILES string of the molecule is Clc1c(Br)ccc2c1COC1CCN(Cc3ccccc3)CC21. The molecule has 23 heavy (non-hydrogen) atoms. The van der Waals surface area contributed by atoms with E-state index in [1.165, 1.54) is 11.1 Å². The summed E-state index contributed by atoms with van der Waals surface area (Å²) < 4.78 is 7.07. The minimum atomic E-state index is 0.326. The van der Waals surface area contributed by atoms with Crippen molar-refractivity contribution in [2.24, 2.45) is 0 Å². The summed E-state index contributed by atoms with van der Waals surface area (Å²) in [6, 6.07) is 15.0. The maximum Gasteiger partial charge on any atom is 0.0738 e. The van der Waals surface area contributed by atoms with Gasteiger partial charge in [0.2, 0.25) is 0 Å². The molecule has 1 fully saturated rings. The van der Waals surface area contributed by atoms with E-state index in [0.717, 1.165) is 41.1 Å². The minimum absolute atomic E-state index is 0.326. The fraction of sp³-hybridized carbons (Fsp3) is 0.368. The van der Waals surface area contributed by atoms with E-state index in [4.69, 9.17) is 16.3 Å². The highest BCUT2D eigenvalue weighted by molar-refractivity contribution is 9.10. The van der Waals surface area contributed by atoms with Gasteiger partial charge in [0, 0.05) is 35.6 Å². The maximum absolute atomic E-state index is 6.47. The van der Waals surface area contributed by atoms with Crippen LogP contribution in [0.25, 0.3) is 0 Å². The number of rotatable bonds is 2. The zero-order chi connectivity index (χ0) is 15.8. The van der Waals surface area contributed by atoms with Gasteiger partial charge in [-0.3, -0.25) is 4.90 Å². The highest BCUT2D eigenvalue weighted by Gasteiger charge is 2.36. The van der Waals surface area contributed by atoms with Crippen LogP contribution in [0.4, 0.5) is 0 Å². The summed E-state index contributed by atoms with van der Waals surface area (Å²) in [5.41, 5.74) is 3.90. The molecule has 0 radical (unpaired) electrons. The predicted octanol–water partition coefficient (Wildman–Crippen LogP) is 4.99. The molecule has 1 saturated heterocycles. The third-order valence-electron chi connectivity index (χ3n) is 4.96. The lowest BCUT2D eigenvalue weighted by Gasteiger charge is -2.42. The van der Waals surface area contributed by atoms with Crippen molar-refractivity contribution in [3.8, 4) is 0 Å². The molecule has 2 atom stereocenters. The molecule has 0 amide bonds. The van der Waals surface area contributed by atoms with Crippen molar-refractivity contribution in [1.29, 1.82) is 0 Å². The van der Waals surface area contributed by atoms with Crippen LogP contribution in [-0.2, 0) is 17.9 Å². The van der Waals surface area contributed by atoms with Crippen molar-refractivity contribution in [2.75, 3.05) is 13.1 Å². The lowest BCUT2D eigenvalue weighted by molar-refractivity contribution is -0.0325. The van der Waals surface area contributed by atoms with E-state index in [1.54, 1.807) is 0 Å². The largest absolute Gasteiger partial charge is 0.373 e. The fourth-order valence-corrected chi connectivity index (χ4v) is 4.37. The van der Waals surface area contributed by atoms with Gasteiger partial charge in [-0.05, 0) is 39.5 Å². The first-order valence-corrected chi connectivity index (χ1v) is 9.24. The number of piperidine rings is 1. The number of fused-ring (bicyclic) bond motifs is 3. The van der Waals surface area contributed by atoms with Gasteiger partial charge in [-0.25, -0.2) is 0 Å². The second kappa shape index (κ2) is 6.56. The topological polar surface area (TPSA) is 12.5 Å². The lowest BCUT2D eigenvalue weighted by Crippen LogP contribution is -2.44. The molecule has 2 unspecified atom stereocenters. The van der Waals surface area contributed by atoms with Crippen LogP contribution in [0.3, 0.4) is 0 Å². The summed E-state index contributed by atoms with van der Waals surface area (Å²) in [7, 11) is 0. The van der Waals surface area contributed by atoms with Crippen LogP contribution in [0, 0.1) is 0 Å². The third-order valence-corrected chi connectivity index (χ3v) is 6.28. The van der Waals surface area contributed by atoms with E-state index < -0.39 is 0 Å². The van der Waals surface area contributed by atoms with Crippen LogP contribution in [0.5, 0.6) is 0 Å². The zero-order valence-corrected chi connectivity index (χ0v) is 15.2. The van der Waals surface area contributed by atoms with E-state index in [1.807, 2.05) is 0 Å². The molecule has 2 aliphatic heterocycles. The molecule has 4 rings (SSSR count). The lowest BCUT2D eigenvalue weighted by atomic mass is 9.83. The predicted molar refractivity (Wildman–Crippen MR) is 96.8 cm³/mol. The van der Waals surface area contributed by atoms with Gasteiger partial charge in [0.05, 0.1) is 17.7 Å². The van der Waals surface area contributed by atoms with Gasteiger partial charge in [-0.1, -0.05) is 48.0 Å². The molecule has 2 nitrogen and oxygen atoms in total. The Balaban J connectivity index is 1.57. The monoisotopic (exact) mass is 391 g/mol. The Morgan fingerprint density at radius 1 is 1.17 bits per heavy atom. The quantitative estimate of drug-likeness (QED) is 0.714. The Kier molecular flexibility index (Phi) is 4.46. The van der Waals surface area contributed by atoms with Gasteiger partial charge >= 0.3 is 0 Å². The van der Waals surface area contributed by atoms with Gasteiger partial charge in [-0.2, -0.15) is 0 Å². The molecule has 0 N–H and O–H groups in total. The normalized spacial score (nSPS) is 24.1. The van der Waals surface area contributed by atoms with E-state index in [2.05, 4.69) is 63.3 Å². The molecular weight excluding hydrogens is 374 g/mol. The first kappa shape index (κ1) is 15.6. The Bertz CT molecular complexity index is 706. The van der Waals surface area contributed by atoms with E-state index in [0.29, 0.717) is 18.6 Å².